The van der Waals surface area contributed by atoms with E-state index in [-0.39, 0.29) is 5.91 Å². The van der Waals surface area contributed by atoms with E-state index in [1.807, 2.05) is 25.9 Å². The Morgan fingerprint density at radius 3 is 2.56 bits per heavy atom. The van der Waals surface area contributed by atoms with E-state index < -0.39 is 0 Å². The number of nitrogens with two attached hydrogens (primary N) is 1. The highest BCUT2D eigenvalue weighted by Gasteiger charge is 2.22. The fourth-order valence-electron chi connectivity index (χ4n) is 1.32. The second kappa shape index (κ2) is 5.07. The van der Waals surface area contributed by atoms with E-state index in [1.54, 1.807) is 7.11 Å². The van der Waals surface area contributed by atoms with Crippen molar-refractivity contribution < 1.29 is 9.53 Å². The first-order valence-corrected chi connectivity index (χ1v) is 5.76. The number of hydrogen-bond acceptors (Lipinski definition) is 5. The highest BCUT2D eigenvalue weighted by Crippen LogP contribution is 2.43. The van der Waals surface area contributed by atoms with Crippen molar-refractivity contribution >= 4 is 27.9 Å². The molecule has 1 amide bonds. The zero-order valence-electron chi connectivity index (χ0n) is 9.96. The third-order valence-electron chi connectivity index (χ3n) is 2.04. The summed E-state index contributed by atoms with van der Waals surface area (Å²) in [6.07, 6.45) is 0. The summed E-state index contributed by atoms with van der Waals surface area (Å²) in [5, 5.41) is 3.57. The summed E-state index contributed by atoms with van der Waals surface area (Å²) >= 11 is 1.33. The smallest absolute Gasteiger partial charge is 0.263 e. The van der Waals surface area contributed by atoms with Gasteiger partial charge in [-0.1, -0.05) is 0 Å². The number of amides is 1. The van der Waals surface area contributed by atoms with Gasteiger partial charge >= 0.3 is 0 Å². The Kier molecular flexibility index (Phi) is 4.00. The SMILES string of the molecule is CCNC(=O)c1sc(N(C)C)c(OC)c1N. The van der Waals surface area contributed by atoms with Crippen LogP contribution in [0.4, 0.5) is 10.7 Å². The summed E-state index contributed by atoms with van der Waals surface area (Å²) < 4.78 is 5.21. The summed E-state index contributed by atoms with van der Waals surface area (Å²) in [6, 6.07) is 0. The average Bonchev–Trinajstić information content (AvgIpc) is 2.55. The van der Waals surface area contributed by atoms with Crippen LogP contribution in [0.2, 0.25) is 0 Å². The summed E-state index contributed by atoms with van der Waals surface area (Å²) in [5.41, 5.74) is 6.29. The zero-order chi connectivity index (χ0) is 12.3. The van der Waals surface area contributed by atoms with Gasteiger partial charge in [-0.2, -0.15) is 0 Å². The lowest BCUT2D eigenvalue weighted by atomic mass is 10.3. The van der Waals surface area contributed by atoms with E-state index in [1.165, 1.54) is 11.3 Å². The molecular formula is C10H17N3O2S. The molecule has 0 fully saturated rings. The molecule has 0 atom stereocenters. The molecule has 1 aromatic rings. The van der Waals surface area contributed by atoms with Crippen LogP contribution >= 0.6 is 11.3 Å². The van der Waals surface area contributed by atoms with Gasteiger partial charge in [-0.3, -0.25) is 4.79 Å². The molecule has 1 aromatic heterocycles. The maximum absolute atomic E-state index is 11.7. The molecule has 0 aliphatic carbocycles. The quantitative estimate of drug-likeness (QED) is 0.832. The molecule has 0 unspecified atom stereocenters. The van der Waals surface area contributed by atoms with Crippen LogP contribution in [0.25, 0.3) is 0 Å². The van der Waals surface area contributed by atoms with Gasteiger partial charge < -0.3 is 20.7 Å². The molecule has 5 nitrogen and oxygen atoms in total. The summed E-state index contributed by atoms with van der Waals surface area (Å²) in [5.74, 6) is 0.410. The zero-order valence-corrected chi connectivity index (χ0v) is 10.8. The number of methoxy groups -OCH3 is 1. The van der Waals surface area contributed by atoms with Crippen molar-refractivity contribution in [3.8, 4) is 5.75 Å². The van der Waals surface area contributed by atoms with Crippen LogP contribution in [-0.4, -0.2) is 33.7 Å². The second-order valence-electron chi connectivity index (χ2n) is 3.44. The summed E-state index contributed by atoms with van der Waals surface area (Å²) in [7, 11) is 5.32. The molecule has 6 heteroatoms. The van der Waals surface area contributed by atoms with Crippen molar-refractivity contribution in [2.45, 2.75) is 6.92 Å². The van der Waals surface area contributed by atoms with Gasteiger partial charge in [-0.05, 0) is 6.92 Å². The van der Waals surface area contributed by atoms with Crippen molar-refractivity contribution in [3.63, 3.8) is 0 Å². The molecule has 0 saturated carbocycles. The summed E-state index contributed by atoms with van der Waals surface area (Å²) in [4.78, 5) is 14.1. The Labute approximate surface area is 99.2 Å². The van der Waals surface area contributed by atoms with Gasteiger partial charge in [-0.25, -0.2) is 0 Å². The third-order valence-corrected chi connectivity index (χ3v) is 3.39. The van der Waals surface area contributed by atoms with Gasteiger partial charge in [0, 0.05) is 20.6 Å². The summed E-state index contributed by atoms with van der Waals surface area (Å²) in [6.45, 7) is 2.45. The topological polar surface area (TPSA) is 67.6 Å². The number of carbonyl (C=O) groups excluding carboxylic acids is 1. The molecule has 0 saturated heterocycles. The second-order valence-corrected chi connectivity index (χ2v) is 4.44. The predicted molar refractivity (Wildman–Crippen MR) is 67.6 cm³/mol. The largest absolute Gasteiger partial charge is 0.492 e. The van der Waals surface area contributed by atoms with E-state index in [2.05, 4.69) is 5.32 Å². The number of thiophene rings is 1. The van der Waals surface area contributed by atoms with E-state index in [0.717, 1.165) is 5.00 Å². The number of ether oxygens (including phenoxy) is 1. The Hall–Kier alpha value is -1.43. The highest BCUT2D eigenvalue weighted by atomic mass is 32.1. The van der Waals surface area contributed by atoms with E-state index >= 15 is 0 Å². The van der Waals surface area contributed by atoms with E-state index in [9.17, 15) is 4.79 Å². The fourth-order valence-corrected chi connectivity index (χ4v) is 2.35. The van der Waals surface area contributed by atoms with Crippen LogP contribution in [-0.2, 0) is 0 Å². The van der Waals surface area contributed by atoms with Gasteiger partial charge in [0.25, 0.3) is 5.91 Å². The molecular weight excluding hydrogens is 226 g/mol. The van der Waals surface area contributed by atoms with E-state index in [0.29, 0.717) is 22.9 Å². The Morgan fingerprint density at radius 2 is 2.19 bits per heavy atom. The minimum absolute atomic E-state index is 0.156. The first-order valence-electron chi connectivity index (χ1n) is 4.94. The monoisotopic (exact) mass is 243 g/mol. The maximum Gasteiger partial charge on any atom is 0.263 e. The lowest BCUT2D eigenvalue weighted by Gasteiger charge is -2.11. The van der Waals surface area contributed by atoms with Crippen molar-refractivity contribution in [3.05, 3.63) is 4.88 Å². The number of nitrogens with one attached hydrogen (secondary N) is 1. The van der Waals surface area contributed by atoms with Gasteiger partial charge in [-0.15, -0.1) is 11.3 Å². The molecule has 0 aliphatic rings. The van der Waals surface area contributed by atoms with Crippen molar-refractivity contribution in [1.82, 2.24) is 5.32 Å². The normalized spacial score (nSPS) is 10.0. The van der Waals surface area contributed by atoms with Crippen LogP contribution < -0.4 is 20.7 Å². The Balaban J connectivity index is 3.17. The number of rotatable bonds is 4. The third kappa shape index (κ3) is 2.21. The minimum Gasteiger partial charge on any atom is -0.492 e. The number of hydrogen-bond donors (Lipinski definition) is 2. The van der Waals surface area contributed by atoms with Crippen LogP contribution in [0, 0.1) is 0 Å². The van der Waals surface area contributed by atoms with Gasteiger partial charge in [0.05, 0.1) is 7.11 Å². The lowest BCUT2D eigenvalue weighted by Crippen LogP contribution is -2.22. The molecule has 0 aromatic carbocycles. The van der Waals surface area contributed by atoms with Gasteiger partial charge in [0.15, 0.2) is 5.75 Å². The lowest BCUT2D eigenvalue weighted by molar-refractivity contribution is 0.0960. The molecule has 0 radical (unpaired) electrons. The Morgan fingerprint density at radius 1 is 1.56 bits per heavy atom. The minimum atomic E-state index is -0.156. The number of anilines is 2. The molecule has 16 heavy (non-hydrogen) atoms. The van der Waals surface area contributed by atoms with Crippen LogP contribution in [0.15, 0.2) is 0 Å². The molecule has 0 spiro atoms. The van der Waals surface area contributed by atoms with Crippen molar-refractivity contribution in [1.29, 1.82) is 0 Å². The van der Waals surface area contributed by atoms with Crippen molar-refractivity contribution in [2.24, 2.45) is 0 Å². The first kappa shape index (κ1) is 12.6. The Bertz CT molecular complexity index is 388. The van der Waals surface area contributed by atoms with Crippen LogP contribution in [0.5, 0.6) is 5.75 Å². The molecule has 90 valence electrons. The van der Waals surface area contributed by atoms with Gasteiger partial charge in [0.2, 0.25) is 0 Å². The van der Waals surface area contributed by atoms with Gasteiger partial charge in [0.1, 0.15) is 15.6 Å². The maximum atomic E-state index is 11.7. The standard InChI is InChI=1S/C10H17N3O2S/c1-5-12-9(14)8-6(11)7(15-4)10(16-8)13(2)3/h5,11H2,1-4H3,(H,12,14). The molecule has 1 heterocycles. The average molecular weight is 243 g/mol. The number of carbonyl (C=O) groups is 1. The molecule has 0 aliphatic heterocycles. The molecule has 0 bridgehead atoms. The van der Waals surface area contributed by atoms with E-state index in [4.69, 9.17) is 10.5 Å². The van der Waals surface area contributed by atoms with Crippen LogP contribution in [0.3, 0.4) is 0 Å². The molecule has 3 N–H and O–H groups in total. The molecule has 1 rings (SSSR count). The fraction of sp³-hybridized carbons (Fsp3) is 0.500. The number of nitrogen functional groups attached to an aromatic ring is 1. The predicted octanol–water partition coefficient (Wildman–Crippen LogP) is 1.15. The number of nitrogens with zero attached hydrogens (tertiary/aromatic N) is 1. The van der Waals surface area contributed by atoms with Crippen molar-refractivity contribution in [2.75, 3.05) is 38.4 Å². The van der Waals surface area contributed by atoms with Crippen LogP contribution in [0.1, 0.15) is 16.6 Å². The first-order chi connectivity index (χ1) is 7.52. The highest BCUT2D eigenvalue weighted by molar-refractivity contribution is 7.19.